The van der Waals surface area contributed by atoms with Gasteiger partial charge in [0.25, 0.3) is 0 Å². The quantitative estimate of drug-likeness (QED) is 0.765. The van der Waals surface area contributed by atoms with Crippen LogP contribution in [-0.2, 0) is 6.61 Å². The summed E-state index contributed by atoms with van der Waals surface area (Å²) in [5, 5.41) is 0. The van der Waals surface area contributed by atoms with E-state index in [9.17, 15) is 4.79 Å². The predicted molar refractivity (Wildman–Crippen MR) is 75.1 cm³/mol. The summed E-state index contributed by atoms with van der Waals surface area (Å²) in [5.41, 5.74) is 2.46. The molecule has 19 heavy (non-hydrogen) atoms. The Morgan fingerprint density at radius 1 is 1.32 bits per heavy atom. The fourth-order valence-electron chi connectivity index (χ4n) is 1.68. The summed E-state index contributed by atoms with van der Waals surface area (Å²) in [6.07, 6.45) is 3.38. The normalized spacial score (nSPS) is 9.95. The minimum Gasteiger partial charge on any atom is -0.487 e. The minimum absolute atomic E-state index is 0.0994. The maximum atomic E-state index is 11.4. The van der Waals surface area contributed by atoms with Gasteiger partial charge in [-0.1, -0.05) is 36.9 Å². The van der Waals surface area contributed by atoms with Gasteiger partial charge in [-0.3, -0.25) is 4.79 Å². The first kappa shape index (κ1) is 13.0. The average Bonchev–Trinajstić information content (AvgIpc) is 2.46. The van der Waals surface area contributed by atoms with E-state index in [0.29, 0.717) is 18.1 Å². The summed E-state index contributed by atoms with van der Waals surface area (Å²) >= 11 is 0. The number of rotatable bonds is 5. The molecule has 0 amide bonds. The molecule has 0 radical (unpaired) electrons. The Labute approximate surface area is 112 Å². The number of carbonyl (C=O) groups is 1. The zero-order valence-electron chi connectivity index (χ0n) is 10.8. The van der Waals surface area contributed by atoms with Crippen LogP contribution in [0.3, 0.4) is 0 Å². The number of nitrogens with zero attached hydrogens (tertiary/aromatic N) is 1. The molecule has 0 spiro atoms. The van der Waals surface area contributed by atoms with Crippen molar-refractivity contribution < 1.29 is 9.53 Å². The van der Waals surface area contributed by atoms with Crippen molar-refractivity contribution in [3.63, 3.8) is 0 Å². The van der Waals surface area contributed by atoms with E-state index in [-0.39, 0.29) is 5.78 Å². The van der Waals surface area contributed by atoms with Crippen molar-refractivity contribution in [2.24, 2.45) is 0 Å². The molecule has 0 saturated carbocycles. The molecule has 1 heterocycles. The van der Waals surface area contributed by atoms with E-state index in [4.69, 9.17) is 4.74 Å². The second-order valence-corrected chi connectivity index (χ2v) is 4.14. The number of Topliss-reactive ketones (excluding diaryl/α,β-unsaturated/α-hetero) is 1. The zero-order valence-corrected chi connectivity index (χ0v) is 10.8. The molecule has 0 unspecified atom stereocenters. The molecular weight excluding hydrogens is 238 g/mol. The van der Waals surface area contributed by atoms with Crippen molar-refractivity contribution in [3.8, 4) is 5.75 Å². The fourth-order valence-corrected chi connectivity index (χ4v) is 1.68. The van der Waals surface area contributed by atoms with Crippen LogP contribution in [-0.4, -0.2) is 10.8 Å². The van der Waals surface area contributed by atoms with Crippen LogP contribution in [0, 0.1) is 0 Å². The molecule has 2 aromatic rings. The summed E-state index contributed by atoms with van der Waals surface area (Å²) in [5.74, 6) is 0.417. The highest BCUT2D eigenvalue weighted by molar-refractivity contribution is 5.94. The molecule has 0 bridgehead atoms. The Hall–Kier alpha value is -2.42. The lowest BCUT2D eigenvalue weighted by Crippen LogP contribution is -2.03. The van der Waals surface area contributed by atoms with Gasteiger partial charge in [0, 0.05) is 13.1 Å². The third-order valence-electron chi connectivity index (χ3n) is 2.71. The van der Waals surface area contributed by atoms with Crippen LogP contribution in [0.5, 0.6) is 5.75 Å². The third kappa shape index (κ3) is 3.28. The summed E-state index contributed by atoms with van der Waals surface area (Å²) in [6.45, 7) is 5.59. The Bertz CT molecular complexity index is 588. The van der Waals surface area contributed by atoms with Crippen LogP contribution in [0.4, 0.5) is 0 Å². The number of hydrogen-bond donors (Lipinski definition) is 0. The van der Waals surface area contributed by atoms with Gasteiger partial charge in [-0.2, -0.15) is 0 Å². The largest absolute Gasteiger partial charge is 0.487 e. The molecule has 0 saturated heterocycles. The van der Waals surface area contributed by atoms with Crippen molar-refractivity contribution in [1.29, 1.82) is 0 Å². The van der Waals surface area contributed by atoms with Crippen LogP contribution in [0.2, 0.25) is 0 Å². The van der Waals surface area contributed by atoms with Crippen LogP contribution in [0.25, 0.3) is 6.08 Å². The summed E-state index contributed by atoms with van der Waals surface area (Å²) in [7, 11) is 0. The molecule has 3 heteroatoms. The van der Waals surface area contributed by atoms with Gasteiger partial charge in [0.2, 0.25) is 0 Å². The predicted octanol–water partition coefficient (Wildman–Crippen LogP) is 3.51. The third-order valence-corrected chi connectivity index (χ3v) is 2.71. The molecule has 2 rings (SSSR count). The average molecular weight is 253 g/mol. The van der Waals surface area contributed by atoms with E-state index in [2.05, 4.69) is 11.6 Å². The first-order valence-electron chi connectivity index (χ1n) is 6.01. The molecule has 0 atom stereocenters. The number of hydrogen-bond acceptors (Lipinski definition) is 3. The molecule has 1 aromatic heterocycles. The van der Waals surface area contributed by atoms with Gasteiger partial charge in [-0.05, 0) is 23.3 Å². The van der Waals surface area contributed by atoms with E-state index in [0.717, 1.165) is 11.1 Å². The van der Waals surface area contributed by atoms with Gasteiger partial charge in [0.1, 0.15) is 18.1 Å². The zero-order chi connectivity index (χ0) is 13.7. The highest BCUT2D eigenvalue weighted by Gasteiger charge is 2.09. The van der Waals surface area contributed by atoms with Crippen molar-refractivity contribution in [3.05, 3.63) is 66.0 Å². The standard InChI is InChI=1S/C16H15NO2/c1-3-13-6-8-14(9-7-13)11-19-15-5-4-10-17-16(15)12(2)18/h3-10H,1,11H2,2H3. The minimum atomic E-state index is -0.0994. The van der Waals surface area contributed by atoms with Crippen LogP contribution >= 0.6 is 0 Å². The Kier molecular flexibility index (Phi) is 4.08. The number of ether oxygens (including phenoxy) is 1. The summed E-state index contributed by atoms with van der Waals surface area (Å²) in [4.78, 5) is 15.4. The maximum Gasteiger partial charge on any atom is 0.181 e. The van der Waals surface area contributed by atoms with Crippen molar-refractivity contribution in [2.45, 2.75) is 13.5 Å². The Morgan fingerprint density at radius 3 is 2.68 bits per heavy atom. The van der Waals surface area contributed by atoms with E-state index in [1.54, 1.807) is 24.4 Å². The van der Waals surface area contributed by atoms with Gasteiger partial charge < -0.3 is 4.74 Å². The lowest BCUT2D eigenvalue weighted by Gasteiger charge is -2.09. The highest BCUT2D eigenvalue weighted by Crippen LogP contribution is 2.17. The molecule has 0 aliphatic carbocycles. The smallest absolute Gasteiger partial charge is 0.181 e. The number of carbonyl (C=O) groups excluding carboxylic acids is 1. The number of benzene rings is 1. The first-order valence-corrected chi connectivity index (χ1v) is 6.01. The van der Waals surface area contributed by atoms with E-state index >= 15 is 0 Å². The highest BCUT2D eigenvalue weighted by atomic mass is 16.5. The second-order valence-electron chi connectivity index (χ2n) is 4.14. The van der Waals surface area contributed by atoms with Crippen molar-refractivity contribution >= 4 is 11.9 Å². The molecule has 0 aliphatic rings. The summed E-state index contributed by atoms with van der Waals surface area (Å²) in [6, 6.07) is 11.4. The molecular formula is C16H15NO2. The number of aromatic nitrogens is 1. The second kappa shape index (κ2) is 5.96. The Morgan fingerprint density at radius 2 is 2.05 bits per heavy atom. The SMILES string of the molecule is C=Cc1ccc(COc2cccnc2C(C)=O)cc1. The van der Waals surface area contributed by atoms with Crippen molar-refractivity contribution in [2.75, 3.05) is 0 Å². The summed E-state index contributed by atoms with van der Waals surface area (Å²) < 4.78 is 5.65. The molecule has 0 N–H and O–H groups in total. The Balaban J connectivity index is 2.09. The van der Waals surface area contributed by atoms with E-state index in [1.807, 2.05) is 24.3 Å². The lowest BCUT2D eigenvalue weighted by molar-refractivity contribution is 0.100. The van der Waals surface area contributed by atoms with Crippen molar-refractivity contribution in [1.82, 2.24) is 4.98 Å². The molecule has 1 aromatic carbocycles. The monoisotopic (exact) mass is 253 g/mol. The van der Waals surface area contributed by atoms with Gasteiger partial charge in [-0.15, -0.1) is 0 Å². The molecule has 96 valence electrons. The van der Waals surface area contributed by atoms with Gasteiger partial charge >= 0.3 is 0 Å². The fraction of sp³-hybridized carbons (Fsp3) is 0.125. The van der Waals surface area contributed by atoms with Crippen LogP contribution in [0.1, 0.15) is 28.5 Å². The number of pyridine rings is 1. The topological polar surface area (TPSA) is 39.2 Å². The maximum absolute atomic E-state index is 11.4. The van der Waals surface area contributed by atoms with Gasteiger partial charge in [-0.25, -0.2) is 4.98 Å². The van der Waals surface area contributed by atoms with E-state index < -0.39 is 0 Å². The molecule has 3 nitrogen and oxygen atoms in total. The number of ketones is 1. The first-order chi connectivity index (χ1) is 9.20. The van der Waals surface area contributed by atoms with Gasteiger partial charge in [0.15, 0.2) is 5.78 Å². The van der Waals surface area contributed by atoms with Gasteiger partial charge in [0.05, 0.1) is 0 Å². The lowest BCUT2D eigenvalue weighted by atomic mass is 10.1. The van der Waals surface area contributed by atoms with E-state index in [1.165, 1.54) is 6.92 Å². The molecule has 0 aliphatic heterocycles. The van der Waals surface area contributed by atoms with Crippen LogP contribution < -0.4 is 4.74 Å². The van der Waals surface area contributed by atoms with Crippen LogP contribution in [0.15, 0.2) is 49.2 Å². The molecule has 0 fully saturated rings.